The van der Waals surface area contributed by atoms with Gasteiger partial charge in [-0.15, -0.1) is 24.8 Å². The molecule has 4 heterocycles. The maximum atomic E-state index is 13.1. The maximum absolute atomic E-state index is 13.1. The van der Waals surface area contributed by atoms with Gasteiger partial charge < -0.3 is 19.4 Å². The van der Waals surface area contributed by atoms with Crippen molar-refractivity contribution in [3.63, 3.8) is 0 Å². The number of nitrogens with one attached hydrogen (secondary N) is 1. The smallest absolute Gasteiger partial charge is 0.229 e. The number of aromatic nitrogens is 2. The number of nitrogens with zero attached hydrogens (tertiary/aromatic N) is 3. The maximum Gasteiger partial charge on any atom is 0.229 e. The highest BCUT2D eigenvalue weighted by atomic mass is 35.5. The number of hydrogen-bond donors (Lipinski definition) is 1. The quantitative estimate of drug-likeness (QED) is 0.629. The van der Waals surface area contributed by atoms with E-state index in [1.54, 1.807) is 0 Å². The van der Waals surface area contributed by atoms with E-state index in [-0.39, 0.29) is 42.1 Å². The molecule has 1 aromatic carbocycles. The molecule has 0 bridgehead atoms. The van der Waals surface area contributed by atoms with Crippen molar-refractivity contribution in [3.8, 4) is 0 Å². The largest absolute Gasteiger partial charge is 0.379 e. The van der Waals surface area contributed by atoms with Crippen LogP contribution in [0.1, 0.15) is 24.1 Å². The van der Waals surface area contributed by atoms with Gasteiger partial charge in [-0.25, -0.2) is 4.98 Å². The lowest BCUT2D eigenvalue weighted by atomic mass is 9.70. The molecule has 1 N–H and O–H groups in total. The van der Waals surface area contributed by atoms with Crippen LogP contribution in [-0.2, 0) is 14.9 Å². The van der Waals surface area contributed by atoms with E-state index in [1.165, 1.54) is 5.56 Å². The van der Waals surface area contributed by atoms with Crippen molar-refractivity contribution in [2.24, 2.45) is 5.92 Å². The van der Waals surface area contributed by atoms with Crippen LogP contribution in [0.15, 0.2) is 60.9 Å². The van der Waals surface area contributed by atoms with Gasteiger partial charge in [0.05, 0.1) is 24.8 Å². The molecule has 172 valence electrons. The number of fused-ring (bicyclic) bond motifs is 1. The molecule has 3 aromatic rings. The predicted molar refractivity (Wildman–Crippen MR) is 130 cm³/mol. The van der Waals surface area contributed by atoms with Gasteiger partial charge >= 0.3 is 0 Å². The fraction of sp³-hybridized carbons (Fsp3) is 0.417. The Labute approximate surface area is 201 Å². The first-order valence-corrected chi connectivity index (χ1v) is 10.8. The first-order chi connectivity index (χ1) is 14.8. The normalized spacial score (nSPS) is 20.6. The number of piperidine rings is 1. The van der Waals surface area contributed by atoms with Crippen molar-refractivity contribution in [2.45, 2.75) is 18.3 Å². The molecule has 0 aliphatic carbocycles. The molecular formula is C24H30Cl2N4O2. The van der Waals surface area contributed by atoms with E-state index < -0.39 is 0 Å². The van der Waals surface area contributed by atoms with E-state index in [9.17, 15) is 4.79 Å². The van der Waals surface area contributed by atoms with E-state index in [0.29, 0.717) is 19.8 Å². The summed E-state index contributed by atoms with van der Waals surface area (Å²) in [5.41, 5.74) is 3.15. The zero-order chi connectivity index (χ0) is 20.4. The van der Waals surface area contributed by atoms with Gasteiger partial charge in [-0.1, -0.05) is 36.4 Å². The van der Waals surface area contributed by atoms with E-state index in [2.05, 4.69) is 46.2 Å². The second-order valence-electron chi connectivity index (χ2n) is 8.34. The van der Waals surface area contributed by atoms with Crippen LogP contribution in [-0.4, -0.2) is 59.6 Å². The Bertz CT molecular complexity index is 978. The molecule has 2 aliphatic heterocycles. The average molecular weight is 477 g/mol. The summed E-state index contributed by atoms with van der Waals surface area (Å²) in [7, 11) is 0. The van der Waals surface area contributed by atoms with E-state index >= 15 is 0 Å². The third-order valence-corrected chi connectivity index (χ3v) is 6.59. The molecule has 0 spiro atoms. The minimum Gasteiger partial charge on any atom is -0.379 e. The molecule has 6 nitrogen and oxygen atoms in total. The van der Waals surface area contributed by atoms with Crippen molar-refractivity contribution in [1.29, 1.82) is 0 Å². The number of hydrogen-bond acceptors (Lipinski definition) is 4. The molecule has 2 fully saturated rings. The van der Waals surface area contributed by atoms with E-state index in [4.69, 9.17) is 9.72 Å². The summed E-state index contributed by atoms with van der Waals surface area (Å²) in [4.78, 5) is 20.1. The zero-order valence-corrected chi connectivity index (χ0v) is 19.6. The van der Waals surface area contributed by atoms with Gasteiger partial charge in [0, 0.05) is 44.0 Å². The summed E-state index contributed by atoms with van der Waals surface area (Å²) in [6.07, 6.45) is 5.94. The molecule has 1 amide bonds. The van der Waals surface area contributed by atoms with E-state index in [0.717, 1.165) is 43.8 Å². The first kappa shape index (κ1) is 24.5. The molecule has 5 rings (SSSR count). The van der Waals surface area contributed by atoms with Crippen LogP contribution in [0.2, 0.25) is 0 Å². The molecule has 8 heteroatoms. The minimum atomic E-state index is -0.178. The second-order valence-corrected chi connectivity index (χ2v) is 8.34. The van der Waals surface area contributed by atoms with Crippen LogP contribution < -0.4 is 5.32 Å². The average Bonchev–Trinajstić information content (AvgIpc) is 3.06. The Morgan fingerprint density at radius 3 is 2.56 bits per heavy atom. The van der Waals surface area contributed by atoms with Gasteiger partial charge in [-0.2, -0.15) is 0 Å². The summed E-state index contributed by atoms with van der Waals surface area (Å²) in [6.45, 7) is 4.17. The number of carbonyl (C=O) groups excluding carboxylic acids is 1. The molecule has 0 saturated carbocycles. The van der Waals surface area contributed by atoms with Crippen LogP contribution in [0.4, 0.5) is 0 Å². The van der Waals surface area contributed by atoms with Gasteiger partial charge in [0.25, 0.3) is 0 Å². The third kappa shape index (κ3) is 4.64. The number of halogens is 2. The van der Waals surface area contributed by atoms with Crippen molar-refractivity contribution in [3.05, 3.63) is 72.2 Å². The highest BCUT2D eigenvalue weighted by Crippen LogP contribution is 2.41. The standard InChI is InChI=1S/C24H28N4O2.2ClH/c29-23(19-16-25-11-15-30-18-19)27-13-9-24(10-14-27,20-6-2-1-3-7-20)21-17-28-12-5-4-8-22(28)26-21;;/h1-8,12,17,19,25H,9-11,13-16,18H2;2*1H. The number of pyridine rings is 1. The Kier molecular flexibility index (Phi) is 8.17. The fourth-order valence-corrected chi connectivity index (χ4v) is 4.85. The van der Waals surface area contributed by atoms with Crippen molar-refractivity contribution < 1.29 is 9.53 Å². The molecule has 2 saturated heterocycles. The minimum absolute atomic E-state index is 0. The SMILES string of the molecule is Cl.Cl.O=C(C1CNCCOC1)N1CCC(c2ccccc2)(c2cn3ccccc3n2)CC1. The summed E-state index contributed by atoms with van der Waals surface area (Å²) in [6, 6.07) is 16.7. The molecule has 1 atom stereocenters. The van der Waals surface area contributed by atoms with E-state index in [1.807, 2.05) is 29.3 Å². The Balaban J connectivity index is 0.00000144. The van der Waals surface area contributed by atoms with Gasteiger partial charge in [0.1, 0.15) is 5.65 Å². The fourth-order valence-electron chi connectivity index (χ4n) is 4.85. The lowest BCUT2D eigenvalue weighted by molar-refractivity contribution is -0.138. The molecule has 2 aromatic heterocycles. The molecule has 1 unspecified atom stereocenters. The van der Waals surface area contributed by atoms with Crippen molar-refractivity contribution in [2.75, 3.05) is 39.4 Å². The highest BCUT2D eigenvalue weighted by Gasteiger charge is 2.41. The number of amides is 1. The Morgan fingerprint density at radius 1 is 1.06 bits per heavy atom. The predicted octanol–water partition coefficient (Wildman–Crippen LogP) is 3.32. The summed E-state index contributed by atoms with van der Waals surface area (Å²) in [5.74, 6) is 0.119. The first-order valence-electron chi connectivity index (χ1n) is 10.8. The lowest BCUT2D eigenvalue weighted by Gasteiger charge is -2.42. The summed E-state index contributed by atoms with van der Waals surface area (Å²) >= 11 is 0. The lowest BCUT2D eigenvalue weighted by Crippen LogP contribution is -2.49. The Morgan fingerprint density at radius 2 is 1.81 bits per heavy atom. The summed E-state index contributed by atoms with van der Waals surface area (Å²) in [5, 5.41) is 3.31. The molecule has 32 heavy (non-hydrogen) atoms. The monoisotopic (exact) mass is 476 g/mol. The number of carbonyl (C=O) groups is 1. The van der Waals surface area contributed by atoms with Crippen LogP contribution >= 0.6 is 24.8 Å². The number of benzene rings is 1. The molecule has 2 aliphatic rings. The topological polar surface area (TPSA) is 58.9 Å². The highest BCUT2D eigenvalue weighted by molar-refractivity contribution is 5.85. The van der Waals surface area contributed by atoms with Gasteiger partial charge in [0.2, 0.25) is 5.91 Å². The van der Waals surface area contributed by atoms with Crippen LogP contribution in [0.25, 0.3) is 5.65 Å². The van der Waals surface area contributed by atoms with Gasteiger partial charge in [0.15, 0.2) is 0 Å². The van der Waals surface area contributed by atoms with Gasteiger partial charge in [-0.05, 0) is 30.5 Å². The van der Waals surface area contributed by atoms with Crippen molar-refractivity contribution in [1.82, 2.24) is 19.6 Å². The third-order valence-electron chi connectivity index (χ3n) is 6.59. The second kappa shape index (κ2) is 10.7. The molecular weight excluding hydrogens is 447 g/mol. The molecule has 0 radical (unpaired) electrons. The van der Waals surface area contributed by atoms with Gasteiger partial charge in [-0.3, -0.25) is 4.79 Å². The number of rotatable bonds is 3. The van der Waals surface area contributed by atoms with Crippen molar-refractivity contribution >= 4 is 36.4 Å². The van der Waals surface area contributed by atoms with Crippen LogP contribution in [0.5, 0.6) is 0 Å². The van der Waals surface area contributed by atoms with Crippen LogP contribution in [0, 0.1) is 5.92 Å². The Hall–Kier alpha value is -2.12. The number of imidazole rings is 1. The number of likely N-dealkylation sites (tertiary alicyclic amines) is 1. The summed E-state index contributed by atoms with van der Waals surface area (Å²) < 4.78 is 7.70. The number of ether oxygens (including phenoxy) is 1. The van der Waals surface area contributed by atoms with Crippen LogP contribution in [0.3, 0.4) is 0 Å². The zero-order valence-electron chi connectivity index (χ0n) is 18.0.